The van der Waals surface area contributed by atoms with Crippen LogP contribution < -0.4 is 9.47 Å². The first kappa shape index (κ1) is 22.0. The third-order valence-electron chi connectivity index (χ3n) is 4.98. The Bertz CT molecular complexity index is 851. The number of esters is 1. The van der Waals surface area contributed by atoms with E-state index in [0.717, 1.165) is 18.4 Å². The summed E-state index contributed by atoms with van der Waals surface area (Å²) in [4.78, 5) is 28.2. The van der Waals surface area contributed by atoms with Gasteiger partial charge in [0.1, 0.15) is 28.5 Å². The van der Waals surface area contributed by atoms with Crippen LogP contribution in [0.15, 0.2) is 48.5 Å². The maximum Gasteiger partial charge on any atom is 0.329 e. The van der Waals surface area contributed by atoms with Crippen LogP contribution in [0.1, 0.15) is 41.1 Å². The Kier molecular flexibility index (Phi) is 7.63. The van der Waals surface area contributed by atoms with Crippen LogP contribution in [0.4, 0.5) is 0 Å². The first-order valence-corrected chi connectivity index (χ1v) is 11.0. The van der Waals surface area contributed by atoms with Crippen LogP contribution >= 0.6 is 11.8 Å². The quantitative estimate of drug-likeness (QED) is 0.460. The van der Waals surface area contributed by atoms with Crippen LogP contribution in [0, 0.1) is 0 Å². The van der Waals surface area contributed by atoms with Crippen molar-refractivity contribution in [1.82, 2.24) is 4.90 Å². The molecular weight excluding hydrogens is 402 g/mol. The van der Waals surface area contributed by atoms with Crippen molar-refractivity contribution in [3.05, 3.63) is 59.7 Å². The van der Waals surface area contributed by atoms with Gasteiger partial charge in [0.25, 0.3) is 5.91 Å². The molecule has 0 N–H and O–H groups in total. The summed E-state index contributed by atoms with van der Waals surface area (Å²) < 4.78 is 16.3. The van der Waals surface area contributed by atoms with E-state index in [1.807, 2.05) is 37.3 Å². The second kappa shape index (κ2) is 10.4. The smallest absolute Gasteiger partial charge is 0.329 e. The first-order valence-electron chi connectivity index (χ1n) is 9.99. The number of hydrogen-bond donors (Lipinski definition) is 0. The van der Waals surface area contributed by atoms with E-state index < -0.39 is 6.04 Å². The maximum atomic E-state index is 13.8. The number of ether oxygens (including phenoxy) is 3. The maximum absolute atomic E-state index is 13.8. The minimum atomic E-state index is -0.681. The summed E-state index contributed by atoms with van der Waals surface area (Å²) in [6.45, 7) is 2.39. The van der Waals surface area contributed by atoms with Gasteiger partial charge in [-0.25, -0.2) is 4.79 Å². The monoisotopic (exact) mass is 429 g/mol. The SMILES string of the molecule is CCCCOC(=O)C1CSC(c2ccccc2)N1C(=O)c1c(OC)cccc1OC. The highest BCUT2D eigenvalue weighted by molar-refractivity contribution is 7.99. The number of benzene rings is 2. The zero-order valence-electron chi connectivity index (χ0n) is 17.5. The number of methoxy groups -OCH3 is 2. The third kappa shape index (κ3) is 4.56. The first-order chi connectivity index (χ1) is 14.6. The van der Waals surface area contributed by atoms with Gasteiger partial charge < -0.3 is 19.1 Å². The number of carbonyl (C=O) groups is 2. The van der Waals surface area contributed by atoms with Gasteiger partial charge in [-0.15, -0.1) is 11.8 Å². The summed E-state index contributed by atoms with van der Waals surface area (Å²) in [5.74, 6) is 0.577. The summed E-state index contributed by atoms with van der Waals surface area (Å²) in [6, 6.07) is 14.2. The lowest BCUT2D eigenvalue weighted by molar-refractivity contribution is -0.148. The van der Waals surface area contributed by atoms with Crippen molar-refractivity contribution in [3.8, 4) is 11.5 Å². The Morgan fingerprint density at radius 3 is 2.30 bits per heavy atom. The van der Waals surface area contributed by atoms with Crippen molar-refractivity contribution in [2.24, 2.45) is 0 Å². The van der Waals surface area contributed by atoms with Crippen LogP contribution in [0.5, 0.6) is 11.5 Å². The van der Waals surface area contributed by atoms with Gasteiger partial charge in [-0.05, 0) is 24.1 Å². The fourth-order valence-corrected chi connectivity index (χ4v) is 4.83. The second-order valence-electron chi connectivity index (χ2n) is 6.88. The number of carbonyl (C=O) groups excluding carboxylic acids is 2. The minimum absolute atomic E-state index is 0.303. The molecule has 3 rings (SSSR count). The highest BCUT2D eigenvalue weighted by Gasteiger charge is 2.44. The van der Waals surface area contributed by atoms with Crippen molar-refractivity contribution in [1.29, 1.82) is 0 Å². The Morgan fingerprint density at radius 2 is 1.70 bits per heavy atom. The fraction of sp³-hybridized carbons (Fsp3) is 0.391. The van der Waals surface area contributed by atoms with E-state index in [1.165, 1.54) is 14.2 Å². The number of amides is 1. The molecule has 160 valence electrons. The Balaban J connectivity index is 2.00. The lowest BCUT2D eigenvalue weighted by atomic mass is 10.1. The lowest BCUT2D eigenvalue weighted by Gasteiger charge is -2.29. The van der Waals surface area contributed by atoms with Crippen LogP contribution in [0.25, 0.3) is 0 Å². The van der Waals surface area contributed by atoms with Crippen LogP contribution in [0.3, 0.4) is 0 Å². The summed E-state index contributed by atoms with van der Waals surface area (Å²) in [7, 11) is 3.02. The molecular formula is C23H27NO5S. The molecule has 0 aromatic heterocycles. The van der Waals surface area contributed by atoms with E-state index in [-0.39, 0.29) is 17.3 Å². The molecule has 30 heavy (non-hydrogen) atoms. The molecule has 2 unspecified atom stereocenters. The Morgan fingerprint density at radius 1 is 1.03 bits per heavy atom. The van der Waals surface area contributed by atoms with E-state index in [1.54, 1.807) is 34.9 Å². The van der Waals surface area contributed by atoms with Gasteiger partial charge in [-0.3, -0.25) is 4.79 Å². The standard InChI is InChI=1S/C23H27NO5S/c1-4-5-14-29-23(26)17-15-30-22(16-10-7-6-8-11-16)24(17)21(25)20-18(27-2)12-9-13-19(20)28-3/h6-13,17,22H,4-5,14-15H2,1-3H3. The molecule has 1 amide bonds. The highest BCUT2D eigenvalue weighted by Crippen LogP contribution is 2.44. The molecule has 0 aliphatic carbocycles. The summed E-state index contributed by atoms with van der Waals surface area (Å²) in [5.41, 5.74) is 1.26. The molecule has 2 aromatic rings. The molecule has 6 nitrogen and oxygen atoms in total. The van der Waals surface area contributed by atoms with Gasteiger partial charge in [0.15, 0.2) is 0 Å². The van der Waals surface area contributed by atoms with Gasteiger partial charge in [0.05, 0.1) is 20.8 Å². The molecule has 1 heterocycles. The zero-order chi connectivity index (χ0) is 21.5. The number of hydrogen-bond acceptors (Lipinski definition) is 6. The summed E-state index contributed by atoms with van der Waals surface area (Å²) >= 11 is 1.55. The summed E-state index contributed by atoms with van der Waals surface area (Å²) in [5, 5.41) is -0.308. The predicted octanol–water partition coefficient (Wildman–Crippen LogP) is 4.30. The van der Waals surface area contributed by atoms with Gasteiger partial charge in [-0.2, -0.15) is 0 Å². The van der Waals surface area contributed by atoms with E-state index in [9.17, 15) is 9.59 Å². The normalized spacial score (nSPS) is 18.2. The number of nitrogens with zero attached hydrogens (tertiary/aromatic N) is 1. The van der Waals surface area contributed by atoms with E-state index >= 15 is 0 Å². The van der Waals surface area contributed by atoms with Crippen LogP contribution in [0.2, 0.25) is 0 Å². The molecule has 1 fully saturated rings. The number of thioether (sulfide) groups is 1. The van der Waals surface area contributed by atoms with E-state index in [0.29, 0.717) is 29.4 Å². The van der Waals surface area contributed by atoms with Crippen LogP contribution in [-0.4, -0.2) is 49.4 Å². The minimum Gasteiger partial charge on any atom is -0.496 e. The van der Waals surface area contributed by atoms with Gasteiger partial charge in [0.2, 0.25) is 0 Å². The van der Waals surface area contributed by atoms with Crippen molar-refractivity contribution in [2.45, 2.75) is 31.2 Å². The molecule has 1 aliphatic heterocycles. The van der Waals surface area contributed by atoms with Crippen molar-refractivity contribution in [2.75, 3.05) is 26.6 Å². The topological polar surface area (TPSA) is 65.1 Å². The number of unbranched alkanes of at least 4 members (excludes halogenated alkanes) is 1. The molecule has 0 saturated carbocycles. The van der Waals surface area contributed by atoms with Crippen LogP contribution in [-0.2, 0) is 9.53 Å². The fourth-order valence-electron chi connectivity index (χ4n) is 3.41. The average molecular weight is 430 g/mol. The molecule has 0 spiro atoms. The molecule has 0 bridgehead atoms. The second-order valence-corrected chi connectivity index (χ2v) is 8.00. The van der Waals surface area contributed by atoms with Gasteiger partial charge >= 0.3 is 5.97 Å². The molecule has 0 radical (unpaired) electrons. The Hall–Kier alpha value is -2.67. The predicted molar refractivity (Wildman–Crippen MR) is 117 cm³/mol. The largest absolute Gasteiger partial charge is 0.496 e. The zero-order valence-corrected chi connectivity index (χ0v) is 18.3. The third-order valence-corrected chi connectivity index (χ3v) is 6.30. The molecule has 2 aromatic carbocycles. The molecule has 1 aliphatic rings. The average Bonchev–Trinajstić information content (AvgIpc) is 3.24. The van der Waals surface area contributed by atoms with Crippen molar-refractivity contribution < 1.29 is 23.8 Å². The molecule has 7 heteroatoms. The van der Waals surface area contributed by atoms with Crippen molar-refractivity contribution >= 4 is 23.6 Å². The Labute approximate surface area is 181 Å². The van der Waals surface area contributed by atoms with E-state index in [2.05, 4.69) is 0 Å². The summed E-state index contributed by atoms with van der Waals surface area (Å²) in [6.07, 6.45) is 1.72. The molecule has 1 saturated heterocycles. The highest BCUT2D eigenvalue weighted by atomic mass is 32.2. The van der Waals surface area contributed by atoms with Gasteiger partial charge in [0, 0.05) is 5.75 Å². The molecule has 2 atom stereocenters. The van der Waals surface area contributed by atoms with Crippen molar-refractivity contribution in [3.63, 3.8) is 0 Å². The lowest BCUT2D eigenvalue weighted by Crippen LogP contribution is -2.44. The number of rotatable bonds is 8. The van der Waals surface area contributed by atoms with E-state index in [4.69, 9.17) is 14.2 Å². The van der Waals surface area contributed by atoms with Gasteiger partial charge in [-0.1, -0.05) is 49.7 Å².